The lowest BCUT2D eigenvalue weighted by Crippen LogP contribution is -2.54. The number of hydrogen-bond acceptors (Lipinski definition) is 13. The number of likely N-dealkylation sites (tertiary alicyclic amines) is 1. The van der Waals surface area contributed by atoms with Crippen molar-refractivity contribution in [2.24, 2.45) is 11.3 Å². The van der Waals surface area contributed by atoms with E-state index in [9.17, 15) is 37.2 Å². The highest BCUT2D eigenvalue weighted by Crippen LogP contribution is 2.55. The molecule has 19 heteroatoms. The second-order valence-electron chi connectivity index (χ2n) is 20.4. The average molecular weight is 985 g/mol. The van der Waals surface area contributed by atoms with Crippen LogP contribution in [-0.4, -0.2) is 89.8 Å². The first-order valence-corrected chi connectivity index (χ1v) is 25.7. The van der Waals surface area contributed by atoms with Crippen LogP contribution in [0.25, 0.3) is 11.0 Å². The Balaban J connectivity index is 0.888. The Morgan fingerprint density at radius 2 is 1.76 bits per heavy atom. The number of alkyl halides is 2. The molecule has 1 spiro atoms. The van der Waals surface area contributed by atoms with Crippen molar-refractivity contribution in [3.63, 3.8) is 0 Å². The van der Waals surface area contributed by atoms with Gasteiger partial charge >= 0.3 is 12.3 Å². The van der Waals surface area contributed by atoms with Gasteiger partial charge in [-0.1, -0.05) is 38.1 Å². The molecule has 16 nitrogen and oxygen atoms in total. The fraction of sp³-hybridized carbons (Fsp3) is 0.490. The second-order valence-corrected chi connectivity index (χ2v) is 22.0. The molecule has 2 aromatic heterocycles. The highest BCUT2D eigenvalue weighted by molar-refractivity contribution is 7.90. The molecule has 2 aliphatic carbocycles. The van der Waals surface area contributed by atoms with Crippen molar-refractivity contribution in [3.05, 3.63) is 99.7 Å². The van der Waals surface area contributed by atoms with Crippen LogP contribution in [0.1, 0.15) is 118 Å². The Morgan fingerprint density at radius 3 is 2.49 bits per heavy atom. The van der Waals surface area contributed by atoms with E-state index in [1.807, 2.05) is 4.72 Å². The van der Waals surface area contributed by atoms with Crippen molar-refractivity contribution in [2.45, 2.75) is 126 Å². The van der Waals surface area contributed by atoms with Gasteiger partial charge in [-0.2, -0.15) is 13.8 Å². The summed E-state index contributed by atoms with van der Waals surface area (Å²) in [6, 6.07) is 19.4. The summed E-state index contributed by atoms with van der Waals surface area (Å²) in [6.07, 6.45) is 9.71. The van der Waals surface area contributed by atoms with Gasteiger partial charge in [-0.25, -0.2) is 13.1 Å². The molecule has 2 saturated carbocycles. The number of nitro benzene ring substituents is 1. The Hall–Kier alpha value is -6.05. The number of anilines is 1. The molecule has 2 saturated heterocycles. The van der Waals surface area contributed by atoms with Crippen LogP contribution in [-0.2, 0) is 10.0 Å². The van der Waals surface area contributed by atoms with Crippen LogP contribution in [0.15, 0.2) is 77.8 Å². The number of aromatic nitrogens is 2. The molecule has 3 aromatic carbocycles. The van der Waals surface area contributed by atoms with Crippen LogP contribution in [0.4, 0.5) is 20.2 Å². The topological polar surface area (TPSA) is 199 Å². The number of nitro groups is 1. The third kappa shape index (κ3) is 9.46. The molecule has 0 bridgehead atoms. The minimum atomic E-state index is -4.83. The van der Waals surface area contributed by atoms with Crippen molar-refractivity contribution in [1.82, 2.24) is 19.6 Å². The molecule has 70 heavy (non-hydrogen) atoms. The number of sulfonamides is 1. The summed E-state index contributed by atoms with van der Waals surface area (Å²) in [5, 5.41) is 23.3. The number of benzene rings is 3. The van der Waals surface area contributed by atoms with Gasteiger partial charge in [0.15, 0.2) is 11.5 Å². The highest BCUT2D eigenvalue weighted by atomic mass is 32.2. The average Bonchev–Trinajstić information content (AvgIpc) is 4.00. The van der Waals surface area contributed by atoms with E-state index in [1.165, 1.54) is 29.7 Å². The Morgan fingerprint density at radius 1 is 1.00 bits per heavy atom. The van der Waals surface area contributed by atoms with Crippen molar-refractivity contribution >= 4 is 38.3 Å². The van der Waals surface area contributed by atoms with Crippen LogP contribution in [0, 0.1) is 21.4 Å². The quantitative estimate of drug-likeness (QED) is 0.0745. The number of carbonyl (C=O) groups excluding carboxylic acids is 1. The monoisotopic (exact) mass is 984 g/mol. The van der Waals surface area contributed by atoms with Crippen LogP contribution in [0.2, 0.25) is 0 Å². The van der Waals surface area contributed by atoms with E-state index in [1.54, 1.807) is 31.3 Å². The minimum absolute atomic E-state index is 0.00784. The van der Waals surface area contributed by atoms with Crippen molar-refractivity contribution < 1.29 is 51.0 Å². The number of nitrogens with zero attached hydrogens (tertiary/aromatic N) is 4. The maximum Gasteiger partial charge on any atom is 0.388 e. The number of fused-ring (bicyclic) bond motifs is 2. The number of rotatable bonds is 13. The van der Waals surface area contributed by atoms with Gasteiger partial charge in [0, 0.05) is 60.6 Å². The van der Waals surface area contributed by atoms with Crippen LogP contribution >= 0.6 is 0 Å². The molecular formula is C51H58F2N6O10S. The van der Waals surface area contributed by atoms with Gasteiger partial charge in [-0.05, 0) is 130 Å². The number of halogens is 2. The molecule has 3 N–H and O–H groups in total. The molecule has 2 atom stereocenters. The molecule has 0 radical (unpaired) electrons. The highest BCUT2D eigenvalue weighted by Gasteiger charge is 2.50. The lowest BCUT2D eigenvalue weighted by molar-refractivity contribution is -0.386. The SMILES string of the molecule is CC(C)c1ccccc1[C@H]1CCCN1C1CC2(CCN(c3ccc(C(=O)NS(=O)(=O)c4cc5c(c([N+](=O)[O-])c4)O[C@H]([C@H]4CC[C@](C)(O)CC4)CO5)c(Oc4cc5cc[nH]c5nc4OC(F)F)c3)CC2)C1. The summed E-state index contributed by atoms with van der Waals surface area (Å²) in [7, 11) is -4.83. The maximum absolute atomic E-state index is 14.2. The van der Waals surface area contributed by atoms with Gasteiger partial charge in [0.2, 0.25) is 5.75 Å². The lowest BCUT2D eigenvalue weighted by Gasteiger charge is -2.56. The number of hydrogen-bond donors (Lipinski definition) is 3. The van der Waals surface area contributed by atoms with E-state index >= 15 is 0 Å². The smallest absolute Gasteiger partial charge is 0.388 e. The normalized spacial score (nSPS) is 23.7. The zero-order valence-electron chi connectivity index (χ0n) is 39.4. The van der Waals surface area contributed by atoms with Gasteiger partial charge < -0.3 is 33.9 Å². The number of carbonyl (C=O) groups is 1. The Labute approximate surface area is 404 Å². The van der Waals surface area contributed by atoms with Gasteiger partial charge in [0.05, 0.1) is 21.0 Å². The van der Waals surface area contributed by atoms with Crippen LogP contribution in [0.3, 0.4) is 0 Å². The van der Waals surface area contributed by atoms with E-state index in [2.05, 4.69) is 57.9 Å². The summed E-state index contributed by atoms with van der Waals surface area (Å²) < 4.78 is 80.5. The third-order valence-electron chi connectivity index (χ3n) is 15.4. The molecule has 5 aromatic rings. The molecule has 5 aliphatic rings. The fourth-order valence-corrected chi connectivity index (χ4v) is 12.5. The van der Waals surface area contributed by atoms with Crippen LogP contribution < -0.4 is 28.6 Å². The number of aliphatic hydroxyl groups is 1. The molecular weight excluding hydrogens is 927 g/mol. The first kappa shape index (κ1) is 47.6. The maximum atomic E-state index is 14.2. The number of piperidine rings is 1. The van der Waals surface area contributed by atoms with Crippen molar-refractivity contribution in [3.8, 4) is 28.9 Å². The molecule has 0 unspecified atom stereocenters. The summed E-state index contributed by atoms with van der Waals surface area (Å²) in [6.45, 7) is 5.49. The van der Waals surface area contributed by atoms with E-state index < -0.39 is 55.6 Å². The van der Waals surface area contributed by atoms with E-state index in [4.69, 9.17) is 18.9 Å². The number of aromatic amines is 1. The molecule has 5 heterocycles. The van der Waals surface area contributed by atoms with Gasteiger partial charge in [0.25, 0.3) is 21.8 Å². The molecule has 1 amide bonds. The van der Waals surface area contributed by atoms with Gasteiger partial charge in [-0.3, -0.25) is 19.8 Å². The minimum Gasteiger partial charge on any atom is -0.485 e. The van der Waals surface area contributed by atoms with Gasteiger partial charge in [0.1, 0.15) is 24.1 Å². The van der Waals surface area contributed by atoms with E-state index in [0.717, 1.165) is 50.8 Å². The van der Waals surface area contributed by atoms with E-state index in [0.29, 0.717) is 67.8 Å². The van der Waals surface area contributed by atoms with Crippen molar-refractivity contribution in [2.75, 3.05) is 31.1 Å². The zero-order valence-corrected chi connectivity index (χ0v) is 40.2. The zero-order chi connectivity index (χ0) is 49.1. The number of amides is 1. The number of H-pyrrole nitrogens is 1. The Kier molecular flexibility index (Phi) is 12.7. The summed E-state index contributed by atoms with van der Waals surface area (Å²) in [4.78, 5) is 37.1. The van der Waals surface area contributed by atoms with Crippen LogP contribution in [0.5, 0.6) is 28.9 Å². The first-order valence-electron chi connectivity index (χ1n) is 24.2. The van der Waals surface area contributed by atoms with Gasteiger partial charge in [-0.15, -0.1) is 0 Å². The molecule has 10 rings (SSSR count). The second kappa shape index (κ2) is 18.6. The number of pyridine rings is 1. The van der Waals surface area contributed by atoms with Crippen molar-refractivity contribution in [1.29, 1.82) is 0 Å². The summed E-state index contributed by atoms with van der Waals surface area (Å²) in [5.74, 6) is -2.16. The first-order chi connectivity index (χ1) is 33.4. The summed E-state index contributed by atoms with van der Waals surface area (Å²) in [5.41, 5.74) is 2.21. The Bertz CT molecular complexity index is 2900. The molecule has 372 valence electrons. The third-order valence-corrected chi connectivity index (χ3v) is 16.7. The number of nitrogens with one attached hydrogen (secondary N) is 2. The standard InChI is InChI=1S/C51H58F2N6O10S/c1-30(2)36-7-4-5-8-37(36)39-9-6-20-58(39)34-27-51(28-34)17-21-57(22-18-51)33-10-11-38(41(24-33)67-43-23-32-14-19-54-46(32)55-48(43)69-49(52)53)47(60)56-70(64,65)35-25-40(59(62)63)45-42(26-35)66-29-44(68-45)31-12-15-50(3,61)16-13-31/h4-5,7-8,10-11,14,19,23-26,30-31,34,39,44,49,61H,6,9,12-13,15-18,20-22,27-29H2,1-3H3,(H,54,55)(H,56,60)/t31-,39-,44+,50-/m1/s1. The summed E-state index contributed by atoms with van der Waals surface area (Å²) >= 11 is 0. The predicted octanol–water partition coefficient (Wildman–Crippen LogP) is 9.77. The number of ether oxygens (including phenoxy) is 4. The molecule has 3 aliphatic heterocycles. The molecule has 4 fully saturated rings. The lowest BCUT2D eigenvalue weighted by atomic mass is 9.59. The van der Waals surface area contributed by atoms with E-state index in [-0.39, 0.29) is 52.1 Å². The largest absolute Gasteiger partial charge is 0.485 e. The predicted molar refractivity (Wildman–Crippen MR) is 256 cm³/mol. The fourth-order valence-electron chi connectivity index (χ4n) is 11.5.